The normalized spacial score (nSPS) is 29.9. The van der Waals surface area contributed by atoms with Crippen LogP contribution in [0.25, 0.3) is 0 Å². The van der Waals surface area contributed by atoms with E-state index in [1.807, 2.05) is 4.90 Å². The van der Waals surface area contributed by atoms with E-state index in [4.69, 9.17) is 0 Å². The lowest BCUT2D eigenvalue weighted by Crippen LogP contribution is -2.54. The summed E-state index contributed by atoms with van der Waals surface area (Å²) in [5.41, 5.74) is -0.0200. The molecule has 20 heavy (non-hydrogen) atoms. The van der Waals surface area contributed by atoms with Crippen molar-refractivity contribution < 1.29 is 9.90 Å². The van der Waals surface area contributed by atoms with Crippen molar-refractivity contribution in [2.24, 2.45) is 5.92 Å². The quantitative estimate of drug-likeness (QED) is 0.875. The molecule has 2 unspecified atom stereocenters. The standard InChI is InChI=1S/C14H21N3O2S/c1-15-13-16-11(9-20-13)12(18)17-7-6-14(19)5-3-2-4-10(14)8-17/h9-10,19H,2-8H2,1H3,(H,15,16). The highest BCUT2D eigenvalue weighted by molar-refractivity contribution is 7.13. The van der Waals surface area contributed by atoms with Crippen molar-refractivity contribution in [2.75, 3.05) is 25.5 Å². The van der Waals surface area contributed by atoms with Gasteiger partial charge in [0.05, 0.1) is 5.60 Å². The topological polar surface area (TPSA) is 65.5 Å². The molecule has 110 valence electrons. The maximum atomic E-state index is 12.5. The van der Waals surface area contributed by atoms with Crippen molar-refractivity contribution >= 4 is 22.4 Å². The van der Waals surface area contributed by atoms with E-state index in [0.717, 1.165) is 30.8 Å². The van der Waals surface area contributed by atoms with E-state index in [0.29, 0.717) is 25.2 Å². The van der Waals surface area contributed by atoms with Crippen molar-refractivity contribution in [3.63, 3.8) is 0 Å². The van der Waals surface area contributed by atoms with Gasteiger partial charge in [0.25, 0.3) is 5.91 Å². The van der Waals surface area contributed by atoms with Crippen LogP contribution < -0.4 is 5.32 Å². The van der Waals surface area contributed by atoms with Crippen molar-refractivity contribution in [3.05, 3.63) is 11.1 Å². The van der Waals surface area contributed by atoms with Crippen LogP contribution in [0.2, 0.25) is 0 Å². The summed E-state index contributed by atoms with van der Waals surface area (Å²) in [6, 6.07) is 0. The average molecular weight is 295 g/mol. The zero-order valence-electron chi connectivity index (χ0n) is 11.8. The number of carbonyl (C=O) groups excluding carboxylic acids is 1. The molecule has 0 aromatic carbocycles. The number of nitrogens with zero attached hydrogens (tertiary/aromatic N) is 2. The van der Waals surface area contributed by atoms with E-state index < -0.39 is 5.60 Å². The van der Waals surface area contributed by atoms with E-state index >= 15 is 0 Å². The van der Waals surface area contributed by atoms with Crippen LogP contribution in [-0.2, 0) is 0 Å². The number of rotatable bonds is 2. The third-order valence-electron chi connectivity index (χ3n) is 4.65. The number of nitrogens with one attached hydrogen (secondary N) is 1. The molecule has 0 spiro atoms. The van der Waals surface area contributed by atoms with Gasteiger partial charge in [-0.25, -0.2) is 4.98 Å². The van der Waals surface area contributed by atoms with Gasteiger partial charge in [-0.2, -0.15) is 0 Å². The Hall–Kier alpha value is -1.14. The number of piperidine rings is 1. The molecule has 2 N–H and O–H groups in total. The first-order valence-corrected chi connectivity index (χ1v) is 8.15. The zero-order chi connectivity index (χ0) is 14.2. The number of aliphatic hydroxyl groups is 1. The van der Waals surface area contributed by atoms with Crippen LogP contribution in [-0.4, -0.2) is 46.6 Å². The molecule has 2 aliphatic rings. The largest absolute Gasteiger partial charge is 0.389 e. The van der Waals surface area contributed by atoms with Crippen LogP contribution in [0.3, 0.4) is 0 Å². The van der Waals surface area contributed by atoms with Crippen LogP contribution in [0.1, 0.15) is 42.6 Å². The fraction of sp³-hybridized carbons (Fsp3) is 0.714. The first kappa shape index (κ1) is 13.8. The molecule has 0 bridgehead atoms. The summed E-state index contributed by atoms with van der Waals surface area (Å²) < 4.78 is 0. The highest BCUT2D eigenvalue weighted by Gasteiger charge is 2.43. The molecule has 0 radical (unpaired) electrons. The van der Waals surface area contributed by atoms with Gasteiger partial charge < -0.3 is 15.3 Å². The monoisotopic (exact) mass is 295 g/mol. The summed E-state index contributed by atoms with van der Waals surface area (Å²) in [6.07, 6.45) is 4.89. The Kier molecular flexibility index (Phi) is 3.69. The Bertz CT molecular complexity index is 504. The molecule has 1 saturated carbocycles. The van der Waals surface area contributed by atoms with Gasteiger partial charge in [-0.05, 0) is 19.3 Å². The lowest BCUT2D eigenvalue weighted by Gasteiger charge is -2.47. The zero-order valence-corrected chi connectivity index (χ0v) is 12.6. The van der Waals surface area contributed by atoms with Gasteiger partial charge >= 0.3 is 0 Å². The second-order valence-electron chi connectivity index (χ2n) is 5.84. The minimum Gasteiger partial charge on any atom is -0.389 e. The predicted molar refractivity (Wildman–Crippen MR) is 79.1 cm³/mol. The highest BCUT2D eigenvalue weighted by Crippen LogP contribution is 2.40. The van der Waals surface area contributed by atoms with E-state index in [2.05, 4.69) is 10.3 Å². The summed E-state index contributed by atoms with van der Waals surface area (Å²) in [5, 5.41) is 16.2. The lowest BCUT2D eigenvalue weighted by molar-refractivity contribution is -0.0886. The third kappa shape index (κ3) is 2.42. The molecular weight excluding hydrogens is 274 g/mol. The third-order valence-corrected chi connectivity index (χ3v) is 5.51. The van der Waals surface area contributed by atoms with Gasteiger partial charge in [-0.1, -0.05) is 12.8 Å². The van der Waals surface area contributed by atoms with E-state index in [9.17, 15) is 9.90 Å². The molecule has 3 rings (SSSR count). The Balaban J connectivity index is 1.71. The fourth-order valence-electron chi connectivity index (χ4n) is 3.40. The maximum Gasteiger partial charge on any atom is 0.273 e. The van der Waals surface area contributed by atoms with Crippen molar-refractivity contribution in [1.29, 1.82) is 0 Å². The van der Waals surface area contributed by atoms with E-state index in [1.54, 1.807) is 12.4 Å². The summed E-state index contributed by atoms with van der Waals surface area (Å²) >= 11 is 1.44. The van der Waals surface area contributed by atoms with Gasteiger partial charge in [-0.15, -0.1) is 11.3 Å². The first-order chi connectivity index (χ1) is 9.62. The fourth-order valence-corrected chi connectivity index (χ4v) is 4.05. The Labute approximate surface area is 123 Å². The SMILES string of the molecule is CNc1nc(C(=O)N2CCC3(O)CCCCC3C2)cs1. The average Bonchev–Trinajstić information content (AvgIpc) is 2.94. The number of hydrogen-bond donors (Lipinski definition) is 2. The minimum atomic E-state index is -0.534. The van der Waals surface area contributed by atoms with E-state index in [-0.39, 0.29) is 11.8 Å². The lowest BCUT2D eigenvalue weighted by atomic mass is 9.71. The van der Waals surface area contributed by atoms with Crippen molar-refractivity contribution in [2.45, 2.75) is 37.7 Å². The number of amides is 1. The van der Waals surface area contributed by atoms with Gasteiger partial charge in [-0.3, -0.25) is 4.79 Å². The molecule has 1 amide bonds. The number of thiazole rings is 1. The minimum absolute atomic E-state index is 0.00428. The van der Waals surface area contributed by atoms with Gasteiger partial charge in [0.1, 0.15) is 5.69 Å². The Morgan fingerprint density at radius 3 is 3.15 bits per heavy atom. The molecule has 6 heteroatoms. The second kappa shape index (κ2) is 5.33. The van der Waals surface area contributed by atoms with Gasteiger partial charge in [0.15, 0.2) is 5.13 Å². The number of hydrogen-bond acceptors (Lipinski definition) is 5. The number of likely N-dealkylation sites (tertiary alicyclic amines) is 1. The molecule has 2 atom stereocenters. The number of aromatic nitrogens is 1. The molecule has 5 nitrogen and oxygen atoms in total. The Morgan fingerprint density at radius 2 is 2.40 bits per heavy atom. The molecular formula is C14H21N3O2S. The van der Waals surface area contributed by atoms with Gasteiger partial charge in [0.2, 0.25) is 0 Å². The maximum absolute atomic E-state index is 12.5. The number of fused-ring (bicyclic) bond motifs is 1. The summed E-state index contributed by atoms with van der Waals surface area (Å²) in [7, 11) is 1.80. The van der Waals surface area contributed by atoms with Gasteiger partial charge in [0, 0.05) is 31.4 Å². The first-order valence-electron chi connectivity index (χ1n) is 7.27. The van der Waals surface area contributed by atoms with Crippen LogP contribution in [0, 0.1) is 5.92 Å². The molecule has 1 aromatic rings. The van der Waals surface area contributed by atoms with E-state index in [1.165, 1.54) is 11.3 Å². The van der Waals surface area contributed by atoms with Crippen molar-refractivity contribution in [1.82, 2.24) is 9.88 Å². The molecule has 1 aliphatic heterocycles. The second-order valence-corrected chi connectivity index (χ2v) is 6.69. The van der Waals surface area contributed by atoms with Crippen LogP contribution >= 0.6 is 11.3 Å². The molecule has 2 fully saturated rings. The number of carbonyl (C=O) groups is 1. The van der Waals surface area contributed by atoms with Crippen LogP contribution in [0.4, 0.5) is 5.13 Å². The van der Waals surface area contributed by atoms with Crippen molar-refractivity contribution in [3.8, 4) is 0 Å². The van der Waals surface area contributed by atoms with Crippen LogP contribution in [0.15, 0.2) is 5.38 Å². The number of anilines is 1. The molecule has 2 heterocycles. The highest BCUT2D eigenvalue weighted by atomic mass is 32.1. The molecule has 1 saturated heterocycles. The summed E-state index contributed by atoms with van der Waals surface area (Å²) in [4.78, 5) is 18.6. The summed E-state index contributed by atoms with van der Waals surface area (Å²) in [5.74, 6) is 0.228. The molecule has 1 aliphatic carbocycles. The predicted octanol–water partition coefficient (Wildman–Crippen LogP) is 1.95. The summed E-state index contributed by atoms with van der Waals surface area (Å²) in [6.45, 7) is 1.31. The van der Waals surface area contributed by atoms with Crippen LogP contribution in [0.5, 0.6) is 0 Å². The molecule has 1 aromatic heterocycles. The Morgan fingerprint density at radius 1 is 1.55 bits per heavy atom. The smallest absolute Gasteiger partial charge is 0.273 e.